The van der Waals surface area contributed by atoms with Crippen molar-refractivity contribution in [3.8, 4) is 0 Å². The second-order valence-electron chi connectivity index (χ2n) is 7.39. The third-order valence-corrected chi connectivity index (χ3v) is 7.36. The largest absolute Gasteiger partial charge is 0.314 e. The summed E-state index contributed by atoms with van der Waals surface area (Å²) in [6, 6.07) is 1.03. The SMILES string of the molecule is O=S(=O)(CCCCNC1CC1)NC1C2C3CCC(C3)C12. The minimum absolute atomic E-state index is 0.302. The Hall–Kier alpha value is -0.130. The van der Waals surface area contributed by atoms with Gasteiger partial charge in [-0.1, -0.05) is 0 Å². The van der Waals surface area contributed by atoms with Gasteiger partial charge in [0.2, 0.25) is 10.0 Å². The molecule has 2 N–H and O–H groups in total. The summed E-state index contributed by atoms with van der Waals surface area (Å²) >= 11 is 0. The molecule has 4 nitrogen and oxygen atoms in total. The van der Waals surface area contributed by atoms with E-state index in [2.05, 4.69) is 10.0 Å². The van der Waals surface area contributed by atoms with Gasteiger partial charge in [-0.3, -0.25) is 0 Å². The zero-order valence-corrected chi connectivity index (χ0v) is 12.9. The van der Waals surface area contributed by atoms with Gasteiger partial charge in [-0.25, -0.2) is 13.1 Å². The highest BCUT2D eigenvalue weighted by molar-refractivity contribution is 7.89. The molecule has 4 aliphatic rings. The highest BCUT2D eigenvalue weighted by atomic mass is 32.2. The number of sulfonamides is 1. The monoisotopic (exact) mass is 298 g/mol. The zero-order chi connectivity index (χ0) is 13.7. The van der Waals surface area contributed by atoms with Gasteiger partial charge in [0.25, 0.3) is 0 Å². The predicted molar refractivity (Wildman–Crippen MR) is 78.8 cm³/mol. The van der Waals surface area contributed by atoms with Crippen LogP contribution in [0.5, 0.6) is 0 Å². The van der Waals surface area contributed by atoms with Gasteiger partial charge in [0, 0.05) is 12.1 Å². The van der Waals surface area contributed by atoms with E-state index in [1.54, 1.807) is 0 Å². The van der Waals surface area contributed by atoms with Gasteiger partial charge < -0.3 is 5.32 Å². The van der Waals surface area contributed by atoms with Crippen LogP contribution in [0.2, 0.25) is 0 Å². The standard InChI is InChI=1S/C15H26N2O2S/c18-20(19,8-2-1-7-16-12-5-6-12)17-15-13-10-3-4-11(9-10)14(13)15/h10-17H,1-9H2. The summed E-state index contributed by atoms with van der Waals surface area (Å²) in [7, 11) is -3.04. The predicted octanol–water partition coefficient (Wildman–Crippen LogP) is 1.48. The van der Waals surface area contributed by atoms with E-state index in [9.17, 15) is 8.42 Å². The number of fused-ring (bicyclic) bond motifs is 5. The summed E-state index contributed by atoms with van der Waals surface area (Å²) in [4.78, 5) is 0. The fraction of sp³-hybridized carbons (Fsp3) is 1.00. The van der Waals surface area contributed by atoms with E-state index in [4.69, 9.17) is 0 Å². The van der Waals surface area contributed by atoms with Crippen molar-refractivity contribution in [3.05, 3.63) is 0 Å². The van der Waals surface area contributed by atoms with Crippen LogP contribution in [0.25, 0.3) is 0 Å². The van der Waals surface area contributed by atoms with Crippen LogP contribution in [-0.2, 0) is 10.0 Å². The lowest BCUT2D eigenvalue weighted by molar-refractivity contribution is 0.456. The van der Waals surface area contributed by atoms with Gasteiger partial charge in [0.05, 0.1) is 5.75 Å². The Balaban J connectivity index is 1.18. The quantitative estimate of drug-likeness (QED) is 0.667. The summed E-state index contributed by atoms with van der Waals surface area (Å²) in [6.07, 6.45) is 8.41. The summed E-state index contributed by atoms with van der Waals surface area (Å²) in [6.45, 7) is 0.971. The Morgan fingerprint density at radius 3 is 2.30 bits per heavy atom. The number of unbranched alkanes of at least 4 members (excludes halogenated alkanes) is 1. The molecule has 4 aliphatic carbocycles. The van der Waals surface area contributed by atoms with Crippen LogP contribution in [0, 0.1) is 23.7 Å². The molecule has 2 bridgehead atoms. The molecule has 4 atom stereocenters. The molecule has 0 amide bonds. The van der Waals surface area contributed by atoms with Crippen molar-refractivity contribution in [1.82, 2.24) is 10.0 Å². The van der Waals surface area contributed by atoms with Crippen LogP contribution >= 0.6 is 0 Å². The highest BCUT2D eigenvalue weighted by Crippen LogP contribution is 2.65. The van der Waals surface area contributed by atoms with Crippen LogP contribution in [0.15, 0.2) is 0 Å². The summed E-state index contributed by atoms with van der Waals surface area (Å²) in [5.74, 6) is 3.37. The number of hydrogen-bond acceptors (Lipinski definition) is 3. The fourth-order valence-corrected chi connectivity index (χ4v) is 6.19. The third-order valence-electron chi connectivity index (χ3n) is 5.90. The molecule has 4 rings (SSSR count). The Kier molecular flexibility index (Phi) is 3.35. The van der Waals surface area contributed by atoms with Crippen molar-refractivity contribution in [2.75, 3.05) is 12.3 Å². The molecular weight excluding hydrogens is 272 g/mol. The van der Waals surface area contributed by atoms with Crippen LogP contribution in [0.3, 0.4) is 0 Å². The average Bonchev–Trinajstić information content (AvgIpc) is 3.27. The van der Waals surface area contributed by atoms with Crippen molar-refractivity contribution < 1.29 is 8.42 Å². The van der Waals surface area contributed by atoms with E-state index in [1.165, 1.54) is 32.1 Å². The first kappa shape index (κ1) is 13.5. The maximum absolute atomic E-state index is 12.1. The Bertz CT molecular complexity index is 458. The second kappa shape index (κ2) is 4.96. The molecule has 4 saturated carbocycles. The molecule has 20 heavy (non-hydrogen) atoms. The molecule has 0 heterocycles. The summed E-state index contributed by atoms with van der Waals surface area (Å²) in [5.41, 5.74) is 0. The van der Waals surface area contributed by atoms with Crippen molar-refractivity contribution >= 4 is 10.0 Å². The first-order chi connectivity index (χ1) is 9.64. The van der Waals surface area contributed by atoms with Crippen LogP contribution < -0.4 is 10.0 Å². The normalized spacial score (nSPS) is 41.9. The summed E-state index contributed by atoms with van der Waals surface area (Å²) in [5, 5.41) is 3.43. The topological polar surface area (TPSA) is 58.2 Å². The third kappa shape index (κ3) is 2.64. The van der Waals surface area contributed by atoms with E-state index in [-0.39, 0.29) is 0 Å². The summed E-state index contributed by atoms with van der Waals surface area (Å²) < 4.78 is 27.2. The van der Waals surface area contributed by atoms with E-state index in [0.29, 0.717) is 23.6 Å². The van der Waals surface area contributed by atoms with E-state index >= 15 is 0 Å². The minimum Gasteiger partial charge on any atom is -0.314 e. The van der Waals surface area contributed by atoms with Gasteiger partial charge in [-0.2, -0.15) is 0 Å². The minimum atomic E-state index is -3.04. The van der Waals surface area contributed by atoms with E-state index in [1.807, 2.05) is 0 Å². The van der Waals surface area contributed by atoms with Crippen molar-refractivity contribution in [1.29, 1.82) is 0 Å². The van der Waals surface area contributed by atoms with Gasteiger partial charge in [0.1, 0.15) is 0 Å². The van der Waals surface area contributed by atoms with Gasteiger partial charge in [0.15, 0.2) is 0 Å². The van der Waals surface area contributed by atoms with Gasteiger partial charge in [-0.05, 0) is 75.2 Å². The molecule has 0 aromatic rings. The first-order valence-electron chi connectivity index (χ1n) is 8.37. The van der Waals surface area contributed by atoms with Gasteiger partial charge >= 0.3 is 0 Å². The molecule has 0 aromatic heterocycles. The van der Waals surface area contributed by atoms with Crippen LogP contribution in [-0.4, -0.2) is 32.8 Å². The first-order valence-corrected chi connectivity index (χ1v) is 10.0. The Morgan fingerprint density at radius 1 is 0.950 bits per heavy atom. The maximum Gasteiger partial charge on any atom is 0.211 e. The highest BCUT2D eigenvalue weighted by Gasteiger charge is 2.65. The smallest absolute Gasteiger partial charge is 0.211 e. The molecule has 0 aromatic carbocycles. The zero-order valence-electron chi connectivity index (χ0n) is 12.1. The average molecular weight is 298 g/mol. The Morgan fingerprint density at radius 2 is 1.65 bits per heavy atom. The molecule has 5 heteroatoms. The number of hydrogen-bond donors (Lipinski definition) is 2. The van der Waals surface area contributed by atoms with Crippen LogP contribution in [0.4, 0.5) is 0 Å². The fourth-order valence-electron chi connectivity index (χ4n) is 4.76. The lowest BCUT2D eigenvalue weighted by Gasteiger charge is -2.11. The number of rotatable bonds is 8. The number of nitrogens with one attached hydrogen (secondary N) is 2. The van der Waals surface area contributed by atoms with Crippen molar-refractivity contribution in [2.24, 2.45) is 23.7 Å². The molecule has 114 valence electrons. The molecule has 0 aliphatic heterocycles. The second-order valence-corrected chi connectivity index (χ2v) is 9.26. The van der Waals surface area contributed by atoms with Gasteiger partial charge in [-0.15, -0.1) is 0 Å². The van der Waals surface area contributed by atoms with Crippen molar-refractivity contribution in [3.63, 3.8) is 0 Å². The Labute approximate surface area is 122 Å². The van der Waals surface area contributed by atoms with Crippen molar-refractivity contribution in [2.45, 2.75) is 57.0 Å². The lowest BCUT2D eigenvalue weighted by Crippen LogP contribution is -2.32. The van der Waals surface area contributed by atoms with E-state index < -0.39 is 10.0 Å². The molecular formula is C15H26N2O2S. The maximum atomic E-state index is 12.1. The molecule has 4 unspecified atom stereocenters. The lowest BCUT2D eigenvalue weighted by atomic mass is 10.0. The molecule has 0 saturated heterocycles. The molecule has 0 spiro atoms. The molecule has 0 radical (unpaired) electrons. The van der Waals surface area contributed by atoms with Crippen LogP contribution in [0.1, 0.15) is 44.9 Å². The van der Waals surface area contributed by atoms with E-state index in [0.717, 1.165) is 37.3 Å². The molecule has 4 fully saturated rings.